The number of aryl methyl sites for hydroxylation is 1. The zero-order chi connectivity index (χ0) is 13.0. The number of rotatable bonds is 3. The lowest BCUT2D eigenvalue weighted by molar-refractivity contribution is -0.132. The fourth-order valence-electron chi connectivity index (χ4n) is 2.21. The van der Waals surface area contributed by atoms with Gasteiger partial charge in [-0.2, -0.15) is 0 Å². The van der Waals surface area contributed by atoms with Crippen LogP contribution in [0.15, 0.2) is 24.3 Å². The number of hydrogen-bond donors (Lipinski definition) is 2. The van der Waals surface area contributed by atoms with Gasteiger partial charge in [0.15, 0.2) is 0 Å². The van der Waals surface area contributed by atoms with E-state index in [1.165, 1.54) is 11.1 Å². The van der Waals surface area contributed by atoms with Gasteiger partial charge in [-0.15, -0.1) is 0 Å². The van der Waals surface area contributed by atoms with Crippen molar-refractivity contribution in [2.24, 2.45) is 0 Å². The largest absolute Gasteiger partial charge is 0.340 e. The first-order valence-corrected chi connectivity index (χ1v) is 6.42. The van der Waals surface area contributed by atoms with Crippen molar-refractivity contribution < 1.29 is 4.79 Å². The first-order valence-electron chi connectivity index (χ1n) is 6.42. The van der Waals surface area contributed by atoms with Gasteiger partial charge in [0.2, 0.25) is 5.91 Å². The van der Waals surface area contributed by atoms with E-state index >= 15 is 0 Å². The van der Waals surface area contributed by atoms with Crippen LogP contribution in [0, 0.1) is 6.92 Å². The van der Waals surface area contributed by atoms with Crippen LogP contribution < -0.4 is 10.6 Å². The van der Waals surface area contributed by atoms with Gasteiger partial charge in [0, 0.05) is 33.2 Å². The molecule has 1 atom stereocenters. The summed E-state index contributed by atoms with van der Waals surface area (Å²) in [5.41, 5.74) is 2.43. The molecule has 1 aliphatic rings. The fraction of sp³-hybridized carbons (Fsp3) is 0.500. The maximum atomic E-state index is 12.2. The SMILES string of the molecule is Cc1ccccc1CN(C)C(=O)C1CNCCN1. The summed E-state index contributed by atoms with van der Waals surface area (Å²) in [6.45, 7) is 5.26. The summed E-state index contributed by atoms with van der Waals surface area (Å²) in [6, 6.07) is 8.10. The minimum Gasteiger partial charge on any atom is -0.340 e. The molecule has 1 unspecified atom stereocenters. The summed E-state index contributed by atoms with van der Waals surface area (Å²) in [4.78, 5) is 14.0. The van der Waals surface area contributed by atoms with Gasteiger partial charge in [-0.1, -0.05) is 24.3 Å². The third kappa shape index (κ3) is 3.09. The number of carbonyl (C=O) groups is 1. The van der Waals surface area contributed by atoms with Crippen molar-refractivity contribution in [2.45, 2.75) is 19.5 Å². The minimum atomic E-state index is -0.0900. The van der Waals surface area contributed by atoms with E-state index in [1.807, 2.05) is 19.2 Å². The van der Waals surface area contributed by atoms with E-state index in [0.29, 0.717) is 6.54 Å². The summed E-state index contributed by atoms with van der Waals surface area (Å²) in [5.74, 6) is 0.158. The molecule has 0 aromatic heterocycles. The molecule has 0 bridgehead atoms. The predicted octanol–water partition coefficient (Wildman–Crippen LogP) is 0.515. The van der Waals surface area contributed by atoms with Gasteiger partial charge in [0.25, 0.3) is 0 Å². The summed E-state index contributed by atoms with van der Waals surface area (Å²) in [6.07, 6.45) is 0. The number of nitrogens with zero attached hydrogens (tertiary/aromatic N) is 1. The van der Waals surface area contributed by atoms with E-state index in [-0.39, 0.29) is 11.9 Å². The average molecular weight is 247 g/mol. The molecule has 4 heteroatoms. The molecular weight excluding hydrogens is 226 g/mol. The Morgan fingerprint density at radius 1 is 1.39 bits per heavy atom. The number of benzene rings is 1. The van der Waals surface area contributed by atoms with Crippen LogP contribution in [-0.4, -0.2) is 43.5 Å². The zero-order valence-corrected chi connectivity index (χ0v) is 11.1. The molecule has 1 aromatic rings. The molecule has 2 N–H and O–H groups in total. The molecule has 1 amide bonds. The molecule has 2 rings (SSSR count). The lowest BCUT2D eigenvalue weighted by atomic mass is 10.1. The van der Waals surface area contributed by atoms with Crippen LogP contribution in [0.3, 0.4) is 0 Å². The van der Waals surface area contributed by atoms with Crippen LogP contribution in [-0.2, 0) is 11.3 Å². The standard InChI is InChI=1S/C14H21N3O/c1-11-5-3-4-6-12(11)10-17(2)14(18)13-9-15-7-8-16-13/h3-6,13,15-16H,7-10H2,1-2H3. The Morgan fingerprint density at radius 2 is 2.17 bits per heavy atom. The summed E-state index contributed by atoms with van der Waals surface area (Å²) in [5, 5.41) is 6.48. The van der Waals surface area contributed by atoms with Crippen molar-refractivity contribution in [2.75, 3.05) is 26.7 Å². The van der Waals surface area contributed by atoms with E-state index < -0.39 is 0 Å². The normalized spacial score (nSPS) is 19.6. The highest BCUT2D eigenvalue weighted by molar-refractivity contribution is 5.82. The Morgan fingerprint density at radius 3 is 2.83 bits per heavy atom. The van der Waals surface area contributed by atoms with Crippen molar-refractivity contribution in [1.82, 2.24) is 15.5 Å². The second-order valence-electron chi connectivity index (χ2n) is 4.83. The maximum absolute atomic E-state index is 12.2. The van der Waals surface area contributed by atoms with E-state index in [0.717, 1.165) is 19.6 Å². The Labute approximate surface area is 108 Å². The smallest absolute Gasteiger partial charge is 0.241 e. The van der Waals surface area contributed by atoms with E-state index in [1.54, 1.807) is 4.90 Å². The minimum absolute atomic E-state index is 0.0900. The lowest BCUT2D eigenvalue weighted by Gasteiger charge is -2.28. The monoisotopic (exact) mass is 247 g/mol. The van der Waals surface area contributed by atoms with E-state index in [4.69, 9.17) is 0 Å². The lowest BCUT2D eigenvalue weighted by Crippen LogP contribution is -2.55. The molecular formula is C14H21N3O. The molecule has 1 aliphatic heterocycles. The highest BCUT2D eigenvalue weighted by Gasteiger charge is 2.23. The van der Waals surface area contributed by atoms with Gasteiger partial charge in [0.1, 0.15) is 0 Å². The van der Waals surface area contributed by atoms with Crippen molar-refractivity contribution in [3.8, 4) is 0 Å². The fourth-order valence-corrected chi connectivity index (χ4v) is 2.21. The molecule has 4 nitrogen and oxygen atoms in total. The first-order chi connectivity index (χ1) is 8.68. The molecule has 0 radical (unpaired) electrons. The molecule has 0 spiro atoms. The van der Waals surface area contributed by atoms with Crippen molar-refractivity contribution in [3.63, 3.8) is 0 Å². The summed E-state index contributed by atoms with van der Waals surface area (Å²) >= 11 is 0. The van der Waals surface area contributed by atoms with Gasteiger partial charge in [-0.05, 0) is 18.1 Å². The van der Waals surface area contributed by atoms with Crippen molar-refractivity contribution >= 4 is 5.91 Å². The molecule has 1 aromatic carbocycles. The Balaban J connectivity index is 1.96. The van der Waals surface area contributed by atoms with Crippen molar-refractivity contribution in [1.29, 1.82) is 0 Å². The number of carbonyl (C=O) groups excluding carboxylic acids is 1. The summed E-state index contributed by atoms with van der Waals surface area (Å²) < 4.78 is 0. The molecule has 1 heterocycles. The van der Waals surface area contributed by atoms with Gasteiger partial charge in [-0.25, -0.2) is 0 Å². The molecule has 1 fully saturated rings. The second-order valence-corrected chi connectivity index (χ2v) is 4.83. The third-order valence-electron chi connectivity index (χ3n) is 3.38. The number of nitrogens with one attached hydrogen (secondary N) is 2. The molecule has 98 valence electrons. The zero-order valence-electron chi connectivity index (χ0n) is 11.1. The predicted molar refractivity (Wildman–Crippen MR) is 72.3 cm³/mol. The molecule has 0 aliphatic carbocycles. The topological polar surface area (TPSA) is 44.4 Å². The van der Waals surface area contributed by atoms with E-state index in [9.17, 15) is 4.79 Å². The first kappa shape index (κ1) is 13.1. The van der Waals surface area contributed by atoms with Crippen LogP contribution in [0.25, 0.3) is 0 Å². The number of amides is 1. The quantitative estimate of drug-likeness (QED) is 0.818. The Hall–Kier alpha value is -1.39. The number of likely N-dealkylation sites (N-methyl/N-ethyl adjacent to an activating group) is 1. The summed E-state index contributed by atoms with van der Waals surface area (Å²) in [7, 11) is 1.87. The van der Waals surface area contributed by atoms with Crippen LogP contribution in [0.1, 0.15) is 11.1 Å². The molecule has 0 saturated carbocycles. The van der Waals surface area contributed by atoms with Gasteiger partial charge in [-0.3, -0.25) is 4.79 Å². The maximum Gasteiger partial charge on any atom is 0.241 e. The third-order valence-corrected chi connectivity index (χ3v) is 3.38. The average Bonchev–Trinajstić information content (AvgIpc) is 2.41. The number of hydrogen-bond acceptors (Lipinski definition) is 3. The second kappa shape index (κ2) is 5.98. The van der Waals surface area contributed by atoms with E-state index in [2.05, 4.69) is 29.7 Å². The highest BCUT2D eigenvalue weighted by atomic mass is 16.2. The van der Waals surface area contributed by atoms with Gasteiger partial charge >= 0.3 is 0 Å². The van der Waals surface area contributed by atoms with Crippen LogP contribution in [0.4, 0.5) is 0 Å². The molecule has 1 saturated heterocycles. The van der Waals surface area contributed by atoms with Crippen LogP contribution in [0.5, 0.6) is 0 Å². The van der Waals surface area contributed by atoms with Gasteiger partial charge < -0.3 is 15.5 Å². The van der Waals surface area contributed by atoms with Crippen LogP contribution in [0.2, 0.25) is 0 Å². The Kier molecular flexibility index (Phi) is 4.33. The van der Waals surface area contributed by atoms with Crippen molar-refractivity contribution in [3.05, 3.63) is 35.4 Å². The van der Waals surface area contributed by atoms with Crippen LogP contribution >= 0.6 is 0 Å². The molecule has 18 heavy (non-hydrogen) atoms. The Bertz CT molecular complexity index is 413. The highest BCUT2D eigenvalue weighted by Crippen LogP contribution is 2.10. The van der Waals surface area contributed by atoms with Gasteiger partial charge in [0.05, 0.1) is 6.04 Å². The number of piperazine rings is 1.